The van der Waals surface area contributed by atoms with E-state index in [-0.39, 0.29) is 23.4 Å². The Morgan fingerprint density at radius 2 is 2.00 bits per heavy atom. The van der Waals surface area contributed by atoms with E-state index >= 15 is 0 Å². The van der Waals surface area contributed by atoms with Gasteiger partial charge in [0.15, 0.2) is 0 Å². The number of benzene rings is 2. The van der Waals surface area contributed by atoms with Crippen LogP contribution in [0.25, 0.3) is 0 Å². The Kier molecular flexibility index (Phi) is 7.71. The van der Waals surface area contributed by atoms with Crippen molar-refractivity contribution in [2.24, 2.45) is 17.6 Å². The average molecular weight is 493 g/mol. The monoisotopic (exact) mass is 492 g/mol. The lowest BCUT2D eigenvalue weighted by Crippen LogP contribution is -2.56. The fraction of sp³-hybridized carbons (Fsp3) is 0.517. The largest absolute Gasteiger partial charge is 0.508 e. The topological polar surface area (TPSA) is 108 Å². The number of hydrogen-bond acceptors (Lipinski definition) is 5. The maximum atomic E-state index is 13.2. The summed E-state index contributed by atoms with van der Waals surface area (Å²) in [4.78, 5) is 27.2. The Labute approximate surface area is 214 Å². The van der Waals surface area contributed by atoms with E-state index in [1.165, 1.54) is 5.56 Å². The zero-order valence-electron chi connectivity index (χ0n) is 21.9. The van der Waals surface area contributed by atoms with Gasteiger partial charge in [-0.25, -0.2) is 0 Å². The predicted octanol–water partition coefficient (Wildman–Crippen LogP) is 2.95. The highest BCUT2D eigenvalue weighted by Crippen LogP contribution is 2.40. The van der Waals surface area contributed by atoms with E-state index in [0.717, 1.165) is 37.2 Å². The van der Waals surface area contributed by atoms with Gasteiger partial charge in [0.05, 0.1) is 6.04 Å². The molecule has 7 heteroatoms. The van der Waals surface area contributed by atoms with Crippen molar-refractivity contribution in [2.45, 2.75) is 64.6 Å². The van der Waals surface area contributed by atoms with Gasteiger partial charge >= 0.3 is 0 Å². The van der Waals surface area contributed by atoms with Crippen molar-refractivity contribution in [3.8, 4) is 5.75 Å². The van der Waals surface area contributed by atoms with Gasteiger partial charge in [0.1, 0.15) is 5.75 Å². The minimum absolute atomic E-state index is 0.0135. The number of piperidine rings is 1. The number of carbonyl (C=O) groups excluding carboxylic acids is 2. The molecule has 2 aliphatic rings. The second-order valence-corrected chi connectivity index (χ2v) is 11.2. The van der Waals surface area contributed by atoms with Crippen LogP contribution in [0, 0.1) is 11.8 Å². The fourth-order valence-electron chi connectivity index (χ4n) is 5.61. The summed E-state index contributed by atoms with van der Waals surface area (Å²) in [5, 5.41) is 16.6. The van der Waals surface area contributed by atoms with Crippen LogP contribution in [0.2, 0.25) is 0 Å². The summed E-state index contributed by atoms with van der Waals surface area (Å²) in [5.74, 6) is 0.619. The predicted molar refractivity (Wildman–Crippen MR) is 142 cm³/mol. The molecule has 2 aromatic rings. The Bertz CT molecular complexity index is 1120. The quantitative estimate of drug-likeness (QED) is 0.475. The maximum Gasteiger partial charge on any atom is 0.248 e. The number of aromatic hydroxyl groups is 1. The molecule has 1 saturated heterocycles. The highest BCUT2D eigenvalue weighted by Gasteiger charge is 2.39. The molecule has 0 saturated carbocycles. The molecule has 0 spiro atoms. The number of amides is 2. The Morgan fingerprint density at radius 3 is 2.67 bits per heavy atom. The van der Waals surface area contributed by atoms with E-state index in [0.29, 0.717) is 36.1 Å². The van der Waals surface area contributed by atoms with Crippen molar-refractivity contribution in [1.82, 2.24) is 15.5 Å². The molecule has 4 atom stereocenters. The number of nitrogens with zero attached hydrogens (tertiary/aromatic N) is 1. The van der Waals surface area contributed by atoms with Crippen LogP contribution in [0.3, 0.4) is 0 Å². The van der Waals surface area contributed by atoms with Crippen LogP contribution in [-0.2, 0) is 23.2 Å². The summed E-state index contributed by atoms with van der Waals surface area (Å²) in [5.41, 5.74) is 9.20. The van der Waals surface area contributed by atoms with Crippen molar-refractivity contribution in [3.63, 3.8) is 0 Å². The lowest BCUT2D eigenvalue weighted by molar-refractivity contribution is -0.124. The Morgan fingerprint density at radius 1 is 1.22 bits per heavy atom. The van der Waals surface area contributed by atoms with E-state index in [1.807, 2.05) is 24.3 Å². The number of carbonyl (C=O) groups is 2. The van der Waals surface area contributed by atoms with Gasteiger partial charge < -0.3 is 26.4 Å². The van der Waals surface area contributed by atoms with E-state index in [4.69, 9.17) is 5.73 Å². The SMILES string of the molecule is CC(C)[C@@H](CN1CC[C@@](C)(c2cccc(O)c2)[C@@H](C)C1)NC(=O)[C@H]1Cc2ccc(C(N)=O)cc2CN1. The zero-order chi connectivity index (χ0) is 26.0. The number of fused-ring (bicyclic) bond motifs is 1. The lowest BCUT2D eigenvalue weighted by Gasteiger charge is -2.46. The molecule has 0 aliphatic carbocycles. The molecular weight excluding hydrogens is 452 g/mol. The van der Waals surface area contributed by atoms with E-state index in [9.17, 15) is 14.7 Å². The zero-order valence-corrected chi connectivity index (χ0v) is 21.9. The van der Waals surface area contributed by atoms with Crippen LogP contribution in [0.4, 0.5) is 0 Å². The first kappa shape index (κ1) is 26.2. The van der Waals surface area contributed by atoms with E-state index in [1.54, 1.807) is 12.1 Å². The number of primary amides is 1. The number of phenolic OH excluding ortho intramolecular Hbond substituents is 1. The van der Waals surface area contributed by atoms with Gasteiger partial charge in [-0.3, -0.25) is 9.59 Å². The fourth-order valence-corrected chi connectivity index (χ4v) is 5.61. The highest BCUT2D eigenvalue weighted by molar-refractivity contribution is 5.93. The summed E-state index contributed by atoms with van der Waals surface area (Å²) >= 11 is 0. The first-order chi connectivity index (χ1) is 17.1. The van der Waals surface area contributed by atoms with Gasteiger partial charge in [0, 0.05) is 31.2 Å². The molecule has 0 aromatic heterocycles. The van der Waals surface area contributed by atoms with Crippen LogP contribution in [0.5, 0.6) is 5.75 Å². The first-order valence-corrected chi connectivity index (χ1v) is 13.0. The second kappa shape index (κ2) is 10.6. The third kappa shape index (κ3) is 5.57. The Hall–Kier alpha value is -2.90. The second-order valence-electron chi connectivity index (χ2n) is 11.2. The smallest absolute Gasteiger partial charge is 0.248 e. The van der Waals surface area contributed by atoms with Crippen molar-refractivity contribution in [2.75, 3.05) is 19.6 Å². The minimum atomic E-state index is -0.438. The van der Waals surface area contributed by atoms with Crippen LogP contribution in [0.1, 0.15) is 61.2 Å². The molecule has 2 aliphatic heterocycles. The summed E-state index contributed by atoms with van der Waals surface area (Å²) in [6, 6.07) is 12.9. The van der Waals surface area contributed by atoms with Crippen molar-refractivity contribution in [1.29, 1.82) is 0 Å². The van der Waals surface area contributed by atoms with E-state index < -0.39 is 5.91 Å². The molecule has 7 nitrogen and oxygen atoms in total. The normalized spacial score (nSPS) is 25.2. The molecule has 36 heavy (non-hydrogen) atoms. The molecular formula is C29H40N4O3. The average Bonchev–Trinajstić information content (AvgIpc) is 2.85. The molecule has 0 bridgehead atoms. The molecule has 4 rings (SSSR count). The van der Waals surface area contributed by atoms with Gasteiger partial charge in [-0.1, -0.05) is 45.9 Å². The molecule has 2 amide bonds. The third-order valence-electron chi connectivity index (χ3n) is 8.43. The van der Waals surface area contributed by atoms with Gasteiger partial charge in [-0.15, -0.1) is 0 Å². The van der Waals surface area contributed by atoms with Crippen LogP contribution in [-0.4, -0.2) is 53.5 Å². The lowest BCUT2D eigenvalue weighted by atomic mass is 9.68. The number of phenols is 1. The molecule has 1 fully saturated rings. The molecule has 5 N–H and O–H groups in total. The van der Waals surface area contributed by atoms with Crippen LogP contribution >= 0.6 is 0 Å². The van der Waals surface area contributed by atoms with Gasteiger partial charge in [-0.05, 0) is 77.6 Å². The number of likely N-dealkylation sites (tertiary alicyclic amines) is 1. The van der Waals surface area contributed by atoms with Gasteiger partial charge in [-0.2, -0.15) is 0 Å². The summed E-state index contributed by atoms with van der Waals surface area (Å²) < 4.78 is 0. The summed E-state index contributed by atoms with van der Waals surface area (Å²) in [6.45, 7) is 12.1. The molecule has 0 unspecified atom stereocenters. The summed E-state index contributed by atoms with van der Waals surface area (Å²) in [7, 11) is 0. The first-order valence-electron chi connectivity index (χ1n) is 13.0. The molecule has 0 radical (unpaired) electrons. The van der Waals surface area contributed by atoms with Crippen LogP contribution < -0.4 is 16.4 Å². The number of hydrogen-bond donors (Lipinski definition) is 4. The molecule has 194 valence electrons. The summed E-state index contributed by atoms with van der Waals surface area (Å²) in [6.07, 6.45) is 1.60. The minimum Gasteiger partial charge on any atom is -0.508 e. The number of nitrogens with two attached hydrogens (primary N) is 1. The van der Waals surface area contributed by atoms with Crippen molar-refractivity contribution in [3.05, 3.63) is 64.7 Å². The number of rotatable bonds is 7. The third-order valence-corrected chi connectivity index (χ3v) is 8.43. The van der Waals surface area contributed by atoms with Crippen molar-refractivity contribution < 1.29 is 14.7 Å². The number of nitrogens with one attached hydrogen (secondary N) is 2. The highest BCUT2D eigenvalue weighted by atomic mass is 16.3. The molecule has 2 aromatic carbocycles. The van der Waals surface area contributed by atoms with Gasteiger partial charge in [0.25, 0.3) is 0 Å². The van der Waals surface area contributed by atoms with Crippen molar-refractivity contribution >= 4 is 11.8 Å². The van der Waals surface area contributed by atoms with Crippen LogP contribution in [0.15, 0.2) is 42.5 Å². The molecule has 2 heterocycles. The Balaban J connectivity index is 1.36. The van der Waals surface area contributed by atoms with Gasteiger partial charge in [0.2, 0.25) is 11.8 Å². The maximum absolute atomic E-state index is 13.2. The van der Waals surface area contributed by atoms with E-state index in [2.05, 4.69) is 49.3 Å². The standard InChI is InChI=1S/C29H40N4O3/c1-18(2)26(17-33-11-10-29(4,19(3)16-33)23-6-5-7-24(34)14-23)32-28(36)25-13-20-8-9-21(27(30)35)12-22(20)15-31-25/h5-9,12,14,18-19,25-26,31,34H,10-11,13,15-17H2,1-4H3,(H2,30,35)(H,32,36)/t19-,25+,26+,29+/m0/s1.